The molecule has 88 valence electrons. The Morgan fingerprint density at radius 1 is 1.13 bits per heavy atom. The van der Waals surface area contributed by atoms with Crippen molar-refractivity contribution < 1.29 is 0 Å². The molecule has 0 amide bonds. The molecular weight excluding hydrogens is 224 g/mol. The van der Waals surface area contributed by atoms with Crippen molar-refractivity contribution in [2.45, 2.75) is 31.3 Å². The molecule has 0 aliphatic carbocycles. The molecule has 2 aliphatic rings. The van der Waals surface area contributed by atoms with E-state index >= 15 is 0 Å². The topological polar surface area (TPSA) is 24.1 Å². The normalized spacial score (nSPS) is 28.6. The number of hydrogen-bond donors (Lipinski definition) is 2. The van der Waals surface area contributed by atoms with E-state index in [1.54, 1.807) is 0 Å². The molecule has 15 heavy (non-hydrogen) atoms. The fraction of sp³-hybridized carbons (Fsp3) is 1.00. The van der Waals surface area contributed by atoms with Gasteiger partial charge >= 0.3 is 0 Å². The molecule has 0 spiro atoms. The number of piperidine rings is 1. The molecule has 0 aromatic carbocycles. The summed E-state index contributed by atoms with van der Waals surface area (Å²) < 4.78 is 0. The molecule has 2 rings (SSSR count). The SMILES string of the molecule is CC1(NC2CSCCSC2)CCNCC1. The van der Waals surface area contributed by atoms with Gasteiger partial charge in [-0.15, -0.1) is 0 Å². The van der Waals surface area contributed by atoms with Crippen LogP contribution < -0.4 is 10.6 Å². The van der Waals surface area contributed by atoms with Crippen molar-refractivity contribution in [3.8, 4) is 0 Å². The Kier molecular flexibility index (Phi) is 4.68. The molecule has 2 aliphatic heterocycles. The van der Waals surface area contributed by atoms with Crippen LogP contribution in [0.3, 0.4) is 0 Å². The van der Waals surface area contributed by atoms with Gasteiger partial charge in [-0.3, -0.25) is 0 Å². The predicted molar refractivity (Wildman–Crippen MR) is 72.1 cm³/mol. The van der Waals surface area contributed by atoms with Crippen LogP contribution >= 0.6 is 23.5 Å². The van der Waals surface area contributed by atoms with Crippen LogP contribution in [0.1, 0.15) is 19.8 Å². The average Bonchev–Trinajstić information content (AvgIpc) is 2.47. The molecule has 2 nitrogen and oxygen atoms in total. The highest BCUT2D eigenvalue weighted by atomic mass is 32.2. The standard InChI is InChI=1S/C11H22N2S2/c1-11(2-4-12-5-3-11)13-10-8-14-6-7-15-9-10/h10,12-13H,2-9H2,1H3. The van der Waals surface area contributed by atoms with Crippen molar-refractivity contribution in [3.05, 3.63) is 0 Å². The van der Waals surface area contributed by atoms with Crippen LogP contribution in [-0.4, -0.2) is 47.7 Å². The van der Waals surface area contributed by atoms with Gasteiger partial charge in [0.1, 0.15) is 0 Å². The minimum Gasteiger partial charge on any atom is -0.317 e. The van der Waals surface area contributed by atoms with Gasteiger partial charge in [0.2, 0.25) is 0 Å². The molecule has 0 bridgehead atoms. The number of rotatable bonds is 2. The van der Waals surface area contributed by atoms with Gasteiger partial charge in [0.15, 0.2) is 0 Å². The summed E-state index contributed by atoms with van der Waals surface area (Å²) in [7, 11) is 0. The molecule has 2 fully saturated rings. The lowest BCUT2D eigenvalue weighted by Gasteiger charge is -2.38. The maximum absolute atomic E-state index is 3.89. The third-order valence-corrected chi connectivity index (χ3v) is 5.79. The van der Waals surface area contributed by atoms with Gasteiger partial charge in [0.25, 0.3) is 0 Å². The zero-order valence-electron chi connectivity index (χ0n) is 9.55. The van der Waals surface area contributed by atoms with Crippen molar-refractivity contribution in [1.82, 2.24) is 10.6 Å². The average molecular weight is 246 g/mol. The second-order valence-electron chi connectivity index (χ2n) is 4.80. The van der Waals surface area contributed by atoms with E-state index in [0.29, 0.717) is 5.54 Å². The van der Waals surface area contributed by atoms with Gasteiger partial charge in [-0.05, 0) is 32.9 Å². The number of hydrogen-bond acceptors (Lipinski definition) is 4. The predicted octanol–water partition coefficient (Wildman–Crippen LogP) is 1.57. The fourth-order valence-corrected chi connectivity index (χ4v) is 4.71. The smallest absolute Gasteiger partial charge is 0.0253 e. The Labute approximate surface area is 102 Å². The summed E-state index contributed by atoms with van der Waals surface area (Å²) in [5.74, 6) is 5.27. The van der Waals surface area contributed by atoms with Crippen molar-refractivity contribution in [2.24, 2.45) is 0 Å². The molecule has 2 N–H and O–H groups in total. The number of nitrogens with one attached hydrogen (secondary N) is 2. The summed E-state index contributed by atoms with van der Waals surface area (Å²) in [4.78, 5) is 0. The lowest BCUT2D eigenvalue weighted by molar-refractivity contribution is 0.252. The molecule has 0 aromatic heterocycles. The maximum atomic E-state index is 3.89. The highest BCUT2D eigenvalue weighted by Gasteiger charge is 2.29. The molecule has 0 aromatic rings. The van der Waals surface area contributed by atoms with Crippen molar-refractivity contribution in [3.63, 3.8) is 0 Å². The second kappa shape index (κ2) is 5.80. The zero-order chi connectivity index (χ0) is 10.6. The molecule has 2 heterocycles. The molecule has 0 atom stereocenters. The van der Waals surface area contributed by atoms with Crippen molar-refractivity contribution >= 4 is 23.5 Å². The molecule has 0 radical (unpaired) electrons. The van der Waals surface area contributed by atoms with Gasteiger partial charge in [-0.1, -0.05) is 0 Å². The molecule has 0 unspecified atom stereocenters. The molecule has 2 saturated heterocycles. The maximum Gasteiger partial charge on any atom is 0.0253 e. The Morgan fingerprint density at radius 2 is 1.73 bits per heavy atom. The van der Waals surface area contributed by atoms with Gasteiger partial charge in [0, 0.05) is 34.6 Å². The van der Waals surface area contributed by atoms with Gasteiger partial charge < -0.3 is 10.6 Å². The van der Waals surface area contributed by atoms with E-state index in [9.17, 15) is 0 Å². The Morgan fingerprint density at radius 3 is 2.33 bits per heavy atom. The second-order valence-corrected chi connectivity index (χ2v) is 7.10. The van der Waals surface area contributed by atoms with Crippen LogP contribution in [-0.2, 0) is 0 Å². The molecule has 4 heteroatoms. The highest BCUT2D eigenvalue weighted by molar-refractivity contribution is 8.03. The first-order valence-electron chi connectivity index (χ1n) is 5.92. The summed E-state index contributed by atoms with van der Waals surface area (Å²) >= 11 is 4.22. The lowest BCUT2D eigenvalue weighted by Crippen LogP contribution is -2.55. The Balaban J connectivity index is 1.82. The quantitative estimate of drug-likeness (QED) is 0.772. The van der Waals surface area contributed by atoms with Crippen molar-refractivity contribution in [2.75, 3.05) is 36.1 Å². The first-order valence-corrected chi connectivity index (χ1v) is 8.23. The fourth-order valence-electron chi connectivity index (χ4n) is 2.32. The van der Waals surface area contributed by atoms with E-state index in [0.717, 1.165) is 6.04 Å². The minimum absolute atomic E-state index is 0.390. The third-order valence-electron chi connectivity index (χ3n) is 3.27. The van der Waals surface area contributed by atoms with Crippen LogP contribution in [0.4, 0.5) is 0 Å². The number of thioether (sulfide) groups is 2. The van der Waals surface area contributed by atoms with Gasteiger partial charge in [0.05, 0.1) is 0 Å². The largest absolute Gasteiger partial charge is 0.317 e. The Hall–Kier alpha value is 0.620. The minimum atomic E-state index is 0.390. The van der Waals surface area contributed by atoms with Gasteiger partial charge in [-0.2, -0.15) is 23.5 Å². The van der Waals surface area contributed by atoms with E-state index in [1.807, 2.05) is 0 Å². The Bertz CT molecular complexity index is 185. The van der Waals surface area contributed by atoms with Gasteiger partial charge in [-0.25, -0.2) is 0 Å². The molecule has 0 saturated carbocycles. The summed E-state index contributed by atoms with van der Waals surface area (Å²) in [5.41, 5.74) is 0.390. The third kappa shape index (κ3) is 3.84. The lowest BCUT2D eigenvalue weighted by atomic mass is 9.90. The monoisotopic (exact) mass is 246 g/mol. The first kappa shape index (κ1) is 12.1. The molecular formula is C11H22N2S2. The van der Waals surface area contributed by atoms with Crippen LogP contribution in [0.15, 0.2) is 0 Å². The van der Waals surface area contributed by atoms with E-state index < -0.39 is 0 Å². The van der Waals surface area contributed by atoms with E-state index in [4.69, 9.17) is 0 Å². The van der Waals surface area contributed by atoms with E-state index in [2.05, 4.69) is 41.1 Å². The van der Waals surface area contributed by atoms with Crippen LogP contribution in [0.2, 0.25) is 0 Å². The summed E-state index contributed by atoms with van der Waals surface area (Å²) in [6, 6.07) is 0.727. The van der Waals surface area contributed by atoms with Crippen LogP contribution in [0, 0.1) is 0 Å². The summed E-state index contributed by atoms with van der Waals surface area (Å²) in [6.45, 7) is 4.75. The summed E-state index contributed by atoms with van der Waals surface area (Å²) in [5, 5.41) is 7.33. The van der Waals surface area contributed by atoms with Crippen LogP contribution in [0.5, 0.6) is 0 Å². The zero-order valence-corrected chi connectivity index (χ0v) is 11.2. The highest BCUT2D eigenvalue weighted by Crippen LogP contribution is 2.22. The first-order chi connectivity index (χ1) is 7.29. The van der Waals surface area contributed by atoms with E-state index in [-0.39, 0.29) is 0 Å². The van der Waals surface area contributed by atoms with Crippen molar-refractivity contribution in [1.29, 1.82) is 0 Å². The summed E-state index contributed by atoms with van der Waals surface area (Å²) in [6.07, 6.45) is 2.55. The van der Waals surface area contributed by atoms with Crippen LogP contribution in [0.25, 0.3) is 0 Å². The van der Waals surface area contributed by atoms with E-state index in [1.165, 1.54) is 48.9 Å².